The van der Waals surface area contributed by atoms with E-state index in [9.17, 15) is 18.5 Å². The number of nitriles is 1. The van der Waals surface area contributed by atoms with E-state index in [1.54, 1.807) is 6.92 Å². The largest absolute Gasteiger partial charge is 0.396 e. The molecule has 1 aromatic rings. The molecule has 2 heterocycles. The van der Waals surface area contributed by atoms with Crippen LogP contribution in [0.4, 0.5) is 10.7 Å². The van der Waals surface area contributed by atoms with Crippen molar-refractivity contribution in [3.63, 3.8) is 0 Å². The number of thiophene rings is 1. The molecule has 0 spiro atoms. The van der Waals surface area contributed by atoms with Crippen molar-refractivity contribution in [3.05, 3.63) is 10.4 Å². The van der Waals surface area contributed by atoms with Crippen LogP contribution >= 0.6 is 11.3 Å². The molecule has 0 aromatic carbocycles. The number of carbonyl (C=O) groups excluding carboxylic acids is 1. The first-order valence-electron chi connectivity index (χ1n) is 6.70. The predicted octanol–water partition coefficient (Wildman–Crippen LogP) is 1.42. The van der Waals surface area contributed by atoms with Gasteiger partial charge in [-0.1, -0.05) is 6.92 Å². The minimum Gasteiger partial charge on any atom is -0.396 e. The zero-order chi connectivity index (χ0) is 15.6. The fourth-order valence-electron chi connectivity index (χ4n) is 2.27. The second-order valence-electron chi connectivity index (χ2n) is 4.91. The Labute approximate surface area is 128 Å². The molecule has 2 N–H and O–H groups in total. The summed E-state index contributed by atoms with van der Waals surface area (Å²) in [6, 6.07) is 2.04. The summed E-state index contributed by atoms with van der Waals surface area (Å²) < 4.78 is 23.3. The van der Waals surface area contributed by atoms with E-state index in [0.717, 1.165) is 0 Å². The zero-order valence-electron chi connectivity index (χ0n) is 11.8. The first kappa shape index (κ1) is 15.8. The van der Waals surface area contributed by atoms with Crippen LogP contribution in [0.5, 0.6) is 0 Å². The number of nitrogens with two attached hydrogens (primary N) is 1. The van der Waals surface area contributed by atoms with E-state index in [-0.39, 0.29) is 28.5 Å². The number of anilines is 2. The third-order valence-corrected chi connectivity index (χ3v) is 6.48. The van der Waals surface area contributed by atoms with Crippen LogP contribution in [0.25, 0.3) is 0 Å². The van der Waals surface area contributed by atoms with Gasteiger partial charge in [0.05, 0.1) is 22.1 Å². The number of hydrogen-bond acceptors (Lipinski definition) is 7. The van der Waals surface area contributed by atoms with Crippen molar-refractivity contribution in [2.24, 2.45) is 0 Å². The molecule has 1 aromatic heterocycles. The van der Waals surface area contributed by atoms with Crippen LogP contribution in [0.3, 0.4) is 0 Å². The maximum absolute atomic E-state index is 11.9. The van der Waals surface area contributed by atoms with Crippen molar-refractivity contribution in [1.82, 2.24) is 0 Å². The summed E-state index contributed by atoms with van der Waals surface area (Å²) in [5.74, 6) is 0.127. The lowest BCUT2D eigenvalue weighted by Gasteiger charge is -2.20. The lowest BCUT2D eigenvalue weighted by molar-refractivity contribution is 0.0993. The number of ketones is 1. The van der Waals surface area contributed by atoms with Gasteiger partial charge in [0, 0.05) is 19.5 Å². The molecule has 0 unspecified atom stereocenters. The maximum atomic E-state index is 11.9. The second kappa shape index (κ2) is 6.03. The van der Waals surface area contributed by atoms with Gasteiger partial charge < -0.3 is 10.6 Å². The van der Waals surface area contributed by atoms with Gasteiger partial charge in [-0.05, 0) is 6.42 Å². The van der Waals surface area contributed by atoms with Gasteiger partial charge in [-0.25, -0.2) is 8.42 Å². The van der Waals surface area contributed by atoms with Crippen molar-refractivity contribution >= 4 is 37.6 Å². The zero-order valence-corrected chi connectivity index (χ0v) is 13.4. The normalized spacial score (nSPS) is 18.0. The Hall–Kier alpha value is -1.59. The highest BCUT2D eigenvalue weighted by molar-refractivity contribution is 7.91. The Morgan fingerprint density at radius 1 is 1.43 bits per heavy atom. The molecular weight excluding hydrogens is 310 g/mol. The van der Waals surface area contributed by atoms with Gasteiger partial charge in [0.1, 0.15) is 16.6 Å². The molecule has 1 aliphatic rings. The average molecular weight is 327 g/mol. The molecule has 21 heavy (non-hydrogen) atoms. The summed E-state index contributed by atoms with van der Waals surface area (Å²) in [6.07, 6.45) is 0.839. The molecule has 1 aliphatic heterocycles. The second-order valence-corrected chi connectivity index (χ2v) is 8.21. The molecule has 2 rings (SSSR count). The smallest absolute Gasteiger partial charge is 0.174 e. The highest BCUT2D eigenvalue weighted by Crippen LogP contribution is 2.38. The molecule has 0 atom stereocenters. The summed E-state index contributed by atoms with van der Waals surface area (Å²) in [7, 11) is -3.02. The van der Waals surface area contributed by atoms with Gasteiger partial charge in [-0.2, -0.15) is 5.26 Å². The van der Waals surface area contributed by atoms with Crippen LogP contribution in [-0.4, -0.2) is 38.8 Å². The molecule has 1 fully saturated rings. The van der Waals surface area contributed by atoms with Gasteiger partial charge in [0.15, 0.2) is 15.6 Å². The molecule has 114 valence electrons. The number of carbonyl (C=O) groups is 1. The molecule has 0 saturated carbocycles. The van der Waals surface area contributed by atoms with Gasteiger partial charge in [-0.15, -0.1) is 11.3 Å². The van der Waals surface area contributed by atoms with E-state index in [0.29, 0.717) is 35.8 Å². The van der Waals surface area contributed by atoms with E-state index in [1.165, 1.54) is 11.3 Å². The summed E-state index contributed by atoms with van der Waals surface area (Å²) in [5, 5.41) is 9.91. The molecule has 0 amide bonds. The van der Waals surface area contributed by atoms with Crippen molar-refractivity contribution in [1.29, 1.82) is 5.26 Å². The number of nitrogens with zero attached hydrogens (tertiary/aromatic N) is 2. The summed E-state index contributed by atoms with van der Waals surface area (Å²) in [5.41, 5.74) is 6.42. The molecule has 8 heteroatoms. The van der Waals surface area contributed by atoms with Crippen molar-refractivity contribution in [3.8, 4) is 6.07 Å². The number of nitrogen functional groups attached to an aromatic ring is 1. The topological polar surface area (TPSA) is 104 Å². The maximum Gasteiger partial charge on any atom is 0.174 e. The summed E-state index contributed by atoms with van der Waals surface area (Å²) in [4.78, 5) is 14.1. The van der Waals surface area contributed by atoms with Crippen LogP contribution in [0.15, 0.2) is 0 Å². The first-order valence-corrected chi connectivity index (χ1v) is 9.34. The fraction of sp³-hybridized carbons (Fsp3) is 0.538. The Balaban J connectivity index is 2.40. The van der Waals surface area contributed by atoms with Crippen LogP contribution < -0.4 is 10.6 Å². The Morgan fingerprint density at radius 2 is 2.14 bits per heavy atom. The van der Waals surface area contributed by atoms with Gasteiger partial charge in [0.2, 0.25) is 0 Å². The van der Waals surface area contributed by atoms with Crippen molar-refractivity contribution in [2.75, 3.05) is 35.2 Å². The van der Waals surface area contributed by atoms with Crippen LogP contribution in [-0.2, 0) is 9.84 Å². The van der Waals surface area contributed by atoms with Gasteiger partial charge in [-0.3, -0.25) is 4.79 Å². The highest BCUT2D eigenvalue weighted by atomic mass is 32.2. The summed E-state index contributed by atoms with van der Waals surface area (Å²) >= 11 is 1.19. The third kappa shape index (κ3) is 3.19. The monoisotopic (exact) mass is 327 g/mol. The van der Waals surface area contributed by atoms with E-state index >= 15 is 0 Å². The number of sulfone groups is 1. The summed E-state index contributed by atoms with van der Waals surface area (Å²) in [6.45, 7) is 2.62. The van der Waals surface area contributed by atoms with E-state index in [1.807, 2.05) is 11.0 Å². The van der Waals surface area contributed by atoms with Gasteiger partial charge in [0.25, 0.3) is 0 Å². The lowest BCUT2D eigenvalue weighted by Crippen LogP contribution is -2.26. The van der Waals surface area contributed by atoms with Crippen LogP contribution in [0.2, 0.25) is 0 Å². The van der Waals surface area contributed by atoms with E-state index < -0.39 is 9.84 Å². The molecule has 6 nitrogen and oxygen atoms in total. The molecule has 0 aliphatic carbocycles. The SMILES string of the molecule is CCC(=O)c1sc(N2CCCS(=O)(=O)CC2)c(C#N)c1N. The molecule has 0 radical (unpaired) electrons. The number of rotatable bonds is 3. The average Bonchev–Trinajstić information content (AvgIpc) is 2.66. The predicted molar refractivity (Wildman–Crippen MR) is 83.6 cm³/mol. The fourth-order valence-corrected chi connectivity index (χ4v) is 4.78. The minimum atomic E-state index is -3.02. The molecule has 1 saturated heterocycles. The van der Waals surface area contributed by atoms with Crippen molar-refractivity contribution in [2.45, 2.75) is 19.8 Å². The number of hydrogen-bond donors (Lipinski definition) is 1. The van der Waals surface area contributed by atoms with Crippen LogP contribution in [0.1, 0.15) is 35.0 Å². The standard InChI is InChI=1S/C13H17N3O3S2/c1-2-10(17)12-11(15)9(8-14)13(20-12)16-4-3-6-21(18,19)7-5-16/h2-7,15H2,1H3. The van der Waals surface area contributed by atoms with Gasteiger partial charge >= 0.3 is 0 Å². The Morgan fingerprint density at radius 3 is 2.76 bits per heavy atom. The van der Waals surface area contributed by atoms with E-state index in [2.05, 4.69) is 0 Å². The van der Waals surface area contributed by atoms with Crippen LogP contribution in [0, 0.1) is 11.3 Å². The number of Topliss-reactive ketones (excluding diaryl/α,β-unsaturated/α-hetero) is 1. The van der Waals surface area contributed by atoms with E-state index in [4.69, 9.17) is 5.73 Å². The highest BCUT2D eigenvalue weighted by Gasteiger charge is 2.26. The Kier molecular flexibility index (Phi) is 4.54. The van der Waals surface area contributed by atoms with Crippen molar-refractivity contribution < 1.29 is 13.2 Å². The third-order valence-electron chi connectivity index (χ3n) is 3.46. The quantitative estimate of drug-likeness (QED) is 0.842. The molecule has 0 bridgehead atoms. The first-order chi connectivity index (χ1) is 9.89. The minimum absolute atomic E-state index is 0.0622. The molecular formula is C13H17N3O3S2. The Bertz CT molecular complexity index is 701. The lowest BCUT2D eigenvalue weighted by atomic mass is 10.2.